The second kappa shape index (κ2) is 9.21. The standard InChI is InChI=1S/C39H25N5S/c1-23(18-19-24-20-42-39-29-14-3-2-10-25(29)26-11-4-8-16-33(26)44(24)39)43-32-15-7-5-12-27(32)30-21-41-36-35(37(30)43)40-22-31-28-13-6-9-17-34(28)45-38(31)36/h2-19,21-22H,20H2,1H3/b23-18+,24-19+. The molecular weight excluding hydrogens is 571 g/mol. The number of hydrogen-bond donors (Lipinski definition) is 0. The van der Waals surface area contributed by atoms with Crippen LogP contribution in [0.5, 0.6) is 0 Å². The molecule has 4 aromatic heterocycles. The third-order valence-electron chi connectivity index (χ3n) is 9.22. The largest absolute Gasteiger partial charge is 0.311 e. The topological polar surface area (TPSA) is 46.3 Å². The highest BCUT2D eigenvalue weighted by atomic mass is 32.1. The number of nitrogens with zero attached hydrogens (tertiary/aromatic N) is 5. The van der Waals surface area contributed by atoms with Gasteiger partial charge in [-0.3, -0.25) is 19.9 Å². The molecule has 0 unspecified atom stereocenters. The predicted octanol–water partition coefficient (Wildman–Crippen LogP) is 9.80. The molecular formula is C39H25N5S. The molecule has 0 aliphatic carbocycles. The van der Waals surface area contributed by atoms with Crippen molar-refractivity contribution < 1.29 is 0 Å². The van der Waals surface area contributed by atoms with Gasteiger partial charge in [-0.25, -0.2) is 0 Å². The number of benzene rings is 4. The van der Waals surface area contributed by atoms with Crippen molar-refractivity contribution in [3.63, 3.8) is 0 Å². The van der Waals surface area contributed by atoms with Crippen LogP contribution in [0.25, 0.3) is 69.8 Å². The summed E-state index contributed by atoms with van der Waals surface area (Å²) in [7, 11) is 0. The van der Waals surface area contributed by atoms with E-state index in [1.165, 1.54) is 42.6 Å². The van der Waals surface area contributed by atoms with Crippen molar-refractivity contribution in [2.24, 2.45) is 4.99 Å². The number of thiophene rings is 1. The Hall–Kier alpha value is -5.59. The number of anilines is 1. The first-order chi connectivity index (χ1) is 22.3. The fourth-order valence-electron chi connectivity index (χ4n) is 7.22. The number of pyridine rings is 2. The first kappa shape index (κ1) is 24.8. The zero-order valence-corrected chi connectivity index (χ0v) is 25.2. The molecule has 0 amide bonds. The average molecular weight is 596 g/mol. The maximum Gasteiger partial charge on any atom is 0.140 e. The molecule has 0 spiro atoms. The van der Waals surface area contributed by atoms with Crippen LogP contribution in [-0.4, -0.2) is 26.9 Å². The van der Waals surface area contributed by atoms with E-state index >= 15 is 0 Å². The van der Waals surface area contributed by atoms with Crippen LogP contribution in [-0.2, 0) is 0 Å². The van der Waals surface area contributed by atoms with E-state index in [2.05, 4.69) is 126 Å². The van der Waals surface area contributed by atoms with Crippen LogP contribution in [0, 0.1) is 0 Å². The zero-order valence-electron chi connectivity index (χ0n) is 24.4. The lowest BCUT2D eigenvalue weighted by atomic mass is 9.92. The number of hydrogen-bond acceptors (Lipinski definition) is 5. The molecule has 212 valence electrons. The quantitative estimate of drug-likeness (QED) is 0.200. The summed E-state index contributed by atoms with van der Waals surface area (Å²) in [5.74, 6) is 1.02. The molecule has 0 atom stereocenters. The summed E-state index contributed by atoms with van der Waals surface area (Å²) < 4.78 is 4.80. The van der Waals surface area contributed by atoms with Crippen molar-refractivity contribution in [2.75, 3.05) is 11.4 Å². The number of allylic oxidation sites excluding steroid dienone is 3. The smallest absolute Gasteiger partial charge is 0.140 e. The van der Waals surface area contributed by atoms with Gasteiger partial charge in [0.2, 0.25) is 0 Å². The van der Waals surface area contributed by atoms with Crippen molar-refractivity contribution >= 4 is 81.6 Å². The molecule has 10 rings (SSSR count). The van der Waals surface area contributed by atoms with Gasteiger partial charge in [-0.05, 0) is 42.8 Å². The number of para-hydroxylation sites is 2. The van der Waals surface area contributed by atoms with Crippen LogP contribution >= 0.6 is 11.3 Å². The number of rotatable bonds is 2. The van der Waals surface area contributed by atoms with Crippen LogP contribution in [0.2, 0.25) is 0 Å². The fraction of sp³-hybridized carbons (Fsp3) is 0.0513. The predicted molar refractivity (Wildman–Crippen MR) is 189 cm³/mol. The number of fused-ring (bicyclic) bond motifs is 15. The monoisotopic (exact) mass is 595 g/mol. The number of amidine groups is 1. The Morgan fingerprint density at radius 3 is 2.33 bits per heavy atom. The first-order valence-corrected chi connectivity index (χ1v) is 16.0. The fourth-order valence-corrected chi connectivity index (χ4v) is 8.39. The first-order valence-electron chi connectivity index (χ1n) is 15.2. The normalized spacial score (nSPS) is 15.4. The Bertz CT molecular complexity index is 2650. The lowest BCUT2D eigenvalue weighted by Crippen LogP contribution is -2.30. The molecule has 45 heavy (non-hydrogen) atoms. The van der Waals surface area contributed by atoms with E-state index in [-0.39, 0.29) is 0 Å². The molecule has 0 bridgehead atoms. The van der Waals surface area contributed by atoms with Gasteiger partial charge in [0.05, 0.1) is 28.0 Å². The minimum atomic E-state index is 0.632. The molecule has 8 aromatic rings. The van der Waals surface area contributed by atoms with Gasteiger partial charge in [-0.2, -0.15) is 0 Å². The Morgan fingerprint density at radius 1 is 0.711 bits per heavy atom. The Kier molecular flexibility index (Phi) is 5.08. The maximum atomic E-state index is 5.09. The van der Waals surface area contributed by atoms with Crippen molar-refractivity contribution in [1.29, 1.82) is 0 Å². The summed E-state index contributed by atoms with van der Waals surface area (Å²) in [4.78, 5) is 17.5. The van der Waals surface area contributed by atoms with E-state index in [0.717, 1.165) is 50.1 Å². The highest BCUT2D eigenvalue weighted by molar-refractivity contribution is 7.26. The van der Waals surface area contributed by atoms with Gasteiger partial charge in [-0.15, -0.1) is 11.3 Å². The molecule has 0 radical (unpaired) electrons. The lowest BCUT2D eigenvalue weighted by molar-refractivity contribution is 1.15. The number of aliphatic imine (C=N–C) groups is 1. The van der Waals surface area contributed by atoms with Gasteiger partial charge in [0.1, 0.15) is 16.9 Å². The van der Waals surface area contributed by atoms with Gasteiger partial charge in [-0.1, -0.05) is 78.9 Å². The summed E-state index contributed by atoms with van der Waals surface area (Å²) in [6.07, 6.45) is 8.53. The highest BCUT2D eigenvalue weighted by Crippen LogP contribution is 2.44. The summed E-state index contributed by atoms with van der Waals surface area (Å²) >= 11 is 1.79. The van der Waals surface area contributed by atoms with Crippen LogP contribution in [0.4, 0.5) is 5.69 Å². The molecule has 6 heteroatoms. The van der Waals surface area contributed by atoms with E-state index in [1.54, 1.807) is 11.3 Å². The third kappa shape index (κ3) is 3.40. The van der Waals surface area contributed by atoms with Crippen LogP contribution < -0.4 is 4.90 Å². The zero-order chi connectivity index (χ0) is 29.6. The van der Waals surface area contributed by atoms with E-state index in [9.17, 15) is 0 Å². The van der Waals surface area contributed by atoms with Gasteiger partial charge in [0.15, 0.2) is 0 Å². The Balaban J connectivity index is 1.17. The molecule has 5 nitrogen and oxygen atoms in total. The van der Waals surface area contributed by atoms with E-state index < -0.39 is 0 Å². The lowest BCUT2D eigenvalue weighted by Gasteiger charge is -2.31. The molecule has 0 fully saturated rings. The van der Waals surface area contributed by atoms with Crippen molar-refractivity contribution in [1.82, 2.24) is 14.5 Å². The second-order valence-corrected chi connectivity index (χ2v) is 12.7. The van der Waals surface area contributed by atoms with Crippen LogP contribution in [0.15, 0.2) is 132 Å². The molecule has 6 heterocycles. The summed E-state index contributed by atoms with van der Waals surface area (Å²) in [5.41, 5.74) is 11.2. The molecule has 0 N–H and O–H groups in total. The van der Waals surface area contributed by atoms with Gasteiger partial charge >= 0.3 is 0 Å². The van der Waals surface area contributed by atoms with Gasteiger partial charge in [0.25, 0.3) is 0 Å². The molecule has 0 saturated carbocycles. The maximum absolute atomic E-state index is 5.09. The second-order valence-electron chi connectivity index (χ2n) is 11.7. The van der Waals surface area contributed by atoms with Gasteiger partial charge in [0, 0.05) is 61.2 Å². The van der Waals surface area contributed by atoms with E-state index in [0.29, 0.717) is 6.54 Å². The minimum Gasteiger partial charge on any atom is -0.311 e. The molecule has 4 aromatic carbocycles. The van der Waals surface area contributed by atoms with Crippen molar-refractivity contribution in [2.45, 2.75) is 6.92 Å². The highest BCUT2D eigenvalue weighted by Gasteiger charge is 2.32. The van der Waals surface area contributed by atoms with E-state index in [1.807, 2.05) is 12.4 Å². The summed E-state index contributed by atoms with van der Waals surface area (Å²) in [6, 6.07) is 34.3. The summed E-state index contributed by atoms with van der Waals surface area (Å²) in [6.45, 7) is 2.82. The molecule has 2 aliphatic rings. The van der Waals surface area contributed by atoms with Crippen molar-refractivity contribution in [3.8, 4) is 11.1 Å². The van der Waals surface area contributed by atoms with E-state index in [4.69, 9.17) is 15.0 Å². The summed E-state index contributed by atoms with van der Waals surface area (Å²) in [5, 5.41) is 4.68. The van der Waals surface area contributed by atoms with Gasteiger partial charge < -0.3 is 4.57 Å². The van der Waals surface area contributed by atoms with Crippen LogP contribution in [0.3, 0.4) is 0 Å². The molecule has 0 saturated heterocycles. The SMILES string of the molecule is C/C(=C\C=C1/CN=C2c3ccccc3-c3ccccc3N21)n1c2ccccc2c2cnc3c(ncc4c5ccccc5sc43)c21. The van der Waals surface area contributed by atoms with Crippen LogP contribution in [0.1, 0.15) is 12.5 Å². The minimum absolute atomic E-state index is 0.632. The number of aromatic nitrogens is 3. The van der Waals surface area contributed by atoms with Crippen molar-refractivity contribution in [3.05, 3.63) is 133 Å². The third-order valence-corrected chi connectivity index (χ3v) is 10.4. The molecule has 2 aliphatic heterocycles. The Morgan fingerprint density at radius 2 is 1.42 bits per heavy atom. The Labute approximate surface area is 262 Å². The average Bonchev–Trinajstić information content (AvgIpc) is 3.79.